The van der Waals surface area contributed by atoms with Crippen molar-refractivity contribution in [1.82, 2.24) is 0 Å². The largest absolute Gasteiger partial charge is 0.342 e. The third-order valence-electron chi connectivity index (χ3n) is 3.07. The molecule has 1 aliphatic carbocycles. The Balaban J connectivity index is 1.74. The Morgan fingerprint density at radius 1 is 1.00 bits per heavy atom. The maximum Gasteiger partial charge on any atom is 0.216 e. The molecule has 3 rings (SSSR count). The molecule has 2 nitrogen and oxygen atoms in total. The number of ether oxygens (including phenoxy) is 2. The summed E-state index contributed by atoms with van der Waals surface area (Å²) in [5, 5.41) is 0. The molecule has 0 saturated carbocycles. The molecular formula is C14H16O2. The molecule has 0 atom stereocenters. The molecule has 0 amide bonds. The van der Waals surface area contributed by atoms with Gasteiger partial charge in [0.05, 0.1) is 13.2 Å². The van der Waals surface area contributed by atoms with Crippen LogP contribution in [0.1, 0.15) is 19.4 Å². The summed E-state index contributed by atoms with van der Waals surface area (Å²) < 4.78 is 11.7. The molecule has 1 fully saturated rings. The summed E-state index contributed by atoms with van der Waals surface area (Å²) >= 11 is 0. The molecule has 1 saturated heterocycles. The van der Waals surface area contributed by atoms with Gasteiger partial charge in [0.15, 0.2) is 0 Å². The highest BCUT2D eigenvalue weighted by Gasteiger charge is 2.51. The van der Waals surface area contributed by atoms with Crippen LogP contribution in [-0.2, 0) is 9.47 Å². The molecule has 84 valence electrons. The van der Waals surface area contributed by atoms with Crippen LogP contribution in [0.2, 0.25) is 0 Å². The van der Waals surface area contributed by atoms with E-state index in [9.17, 15) is 0 Å². The first-order valence-electron chi connectivity index (χ1n) is 5.68. The maximum absolute atomic E-state index is 5.84. The van der Waals surface area contributed by atoms with Gasteiger partial charge in [-0.3, -0.25) is 0 Å². The fraction of sp³-hybridized carbons (Fsp3) is 0.429. The second-order valence-electron chi connectivity index (χ2n) is 5.33. The Hall–Kier alpha value is -1.12. The van der Waals surface area contributed by atoms with Crippen LogP contribution >= 0.6 is 0 Å². The summed E-state index contributed by atoms with van der Waals surface area (Å²) in [5.74, 6) is -0.503. The Labute approximate surface area is 95.9 Å². The molecule has 16 heavy (non-hydrogen) atoms. The van der Waals surface area contributed by atoms with Crippen molar-refractivity contribution in [3.8, 4) is 0 Å². The molecule has 2 heteroatoms. The van der Waals surface area contributed by atoms with Crippen LogP contribution < -0.4 is 0 Å². The van der Waals surface area contributed by atoms with Gasteiger partial charge in [0, 0.05) is 11.0 Å². The lowest BCUT2D eigenvalue weighted by Crippen LogP contribution is -2.40. The Morgan fingerprint density at radius 2 is 1.62 bits per heavy atom. The average molecular weight is 216 g/mol. The smallest absolute Gasteiger partial charge is 0.216 e. The minimum Gasteiger partial charge on any atom is -0.342 e. The van der Waals surface area contributed by atoms with Gasteiger partial charge in [-0.25, -0.2) is 0 Å². The lowest BCUT2D eigenvalue weighted by molar-refractivity contribution is -0.222. The summed E-state index contributed by atoms with van der Waals surface area (Å²) in [6.07, 6.45) is 2.07. The number of hydrogen-bond donors (Lipinski definition) is 0. The first-order chi connectivity index (χ1) is 7.61. The Bertz CT molecular complexity index is 421. The van der Waals surface area contributed by atoms with Crippen molar-refractivity contribution >= 4 is 5.57 Å². The summed E-state index contributed by atoms with van der Waals surface area (Å²) in [4.78, 5) is 0. The molecule has 0 radical (unpaired) electrons. The van der Waals surface area contributed by atoms with Crippen LogP contribution in [0.3, 0.4) is 0 Å². The zero-order valence-electron chi connectivity index (χ0n) is 9.69. The lowest BCUT2D eigenvalue weighted by atomic mass is 9.95. The van der Waals surface area contributed by atoms with E-state index in [0.717, 1.165) is 13.2 Å². The fourth-order valence-corrected chi connectivity index (χ4v) is 1.98. The van der Waals surface area contributed by atoms with E-state index in [1.54, 1.807) is 0 Å². The Morgan fingerprint density at radius 3 is 2.25 bits per heavy atom. The van der Waals surface area contributed by atoms with Gasteiger partial charge in [0.1, 0.15) is 0 Å². The van der Waals surface area contributed by atoms with E-state index in [-0.39, 0.29) is 5.41 Å². The fourth-order valence-electron chi connectivity index (χ4n) is 1.98. The Kier molecular flexibility index (Phi) is 2.00. The molecule has 1 heterocycles. The zero-order valence-corrected chi connectivity index (χ0v) is 9.69. The molecule has 1 aromatic rings. The molecule has 0 aromatic heterocycles. The van der Waals surface area contributed by atoms with Gasteiger partial charge >= 0.3 is 0 Å². The van der Waals surface area contributed by atoms with E-state index in [1.165, 1.54) is 11.1 Å². The topological polar surface area (TPSA) is 18.5 Å². The van der Waals surface area contributed by atoms with Crippen LogP contribution in [0.25, 0.3) is 5.57 Å². The highest BCUT2D eigenvalue weighted by atomic mass is 16.7. The van der Waals surface area contributed by atoms with Crippen molar-refractivity contribution in [2.24, 2.45) is 5.41 Å². The van der Waals surface area contributed by atoms with Crippen LogP contribution in [0.4, 0.5) is 0 Å². The van der Waals surface area contributed by atoms with E-state index < -0.39 is 5.79 Å². The van der Waals surface area contributed by atoms with Gasteiger partial charge in [0.2, 0.25) is 5.79 Å². The normalized spacial score (nSPS) is 25.2. The molecular weight excluding hydrogens is 200 g/mol. The first-order valence-corrected chi connectivity index (χ1v) is 5.68. The van der Waals surface area contributed by atoms with E-state index in [1.807, 2.05) is 18.2 Å². The van der Waals surface area contributed by atoms with Crippen molar-refractivity contribution in [2.75, 3.05) is 13.2 Å². The van der Waals surface area contributed by atoms with Gasteiger partial charge in [-0.1, -0.05) is 44.2 Å². The number of benzene rings is 1. The first kappa shape index (κ1) is 10.1. The molecule has 0 bridgehead atoms. The van der Waals surface area contributed by atoms with Crippen molar-refractivity contribution < 1.29 is 9.47 Å². The summed E-state index contributed by atoms with van der Waals surface area (Å²) in [6, 6.07) is 10.3. The predicted molar refractivity (Wildman–Crippen MR) is 62.8 cm³/mol. The van der Waals surface area contributed by atoms with Crippen LogP contribution in [-0.4, -0.2) is 19.0 Å². The third kappa shape index (κ3) is 1.58. The SMILES string of the molecule is CC1(C)COC2(C=C2c2ccccc2)OC1. The lowest BCUT2D eigenvalue weighted by Gasteiger charge is -2.36. The van der Waals surface area contributed by atoms with Crippen molar-refractivity contribution in [3.63, 3.8) is 0 Å². The van der Waals surface area contributed by atoms with Crippen molar-refractivity contribution in [1.29, 1.82) is 0 Å². The summed E-state index contributed by atoms with van der Waals surface area (Å²) in [5.41, 5.74) is 2.49. The molecule has 1 aromatic carbocycles. The van der Waals surface area contributed by atoms with Crippen molar-refractivity contribution in [2.45, 2.75) is 19.6 Å². The molecule has 0 unspecified atom stereocenters. The standard InChI is InChI=1S/C14H16O2/c1-13(2)9-15-14(16-10-13)8-12(14)11-6-4-3-5-7-11/h3-8H,9-10H2,1-2H3. The van der Waals surface area contributed by atoms with E-state index in [0.29, 0.717) is 0 Å². The van der Waals surface area contributed by atoms with E-state index >= 15 is 0 Å². The van der Waals surface area contributed by atoms with Gasteiger partial charge in [0.25, 0.3) is 0 Å². The maximum atomic E-state index is 5.84. The third-order valence-corrected chi connectivity index (χ3v) is 3.07. The van der Waals surface area contributed by atoms with Gasteiger partial charge in [-0.15, -0.1) is 0 Å². The van der Waals surface area contributed by atoms with Crippen LogP contribution in [0, 0.1) is 5.41 Å². The summed E-state index contributed by atoms with van der Waals surface area (Å²) in [7, 11) is 0. The highest BCUT2D eigenvalue weighted by molar-refractivity contribution is 5.86. The van der Waals surface area contributed by atoms with Gasteiger partial charge in [-0.05, 0) is 11.6 Å². The molecule has 0 N–H and O–H groups in total. The number of rotatable bonds is 1. The quantitative estimate of drug-likeness (QED) is 0.718. The minimum absolute atomic E-state index is 0.128. The van der Waals surface area contributed by atoms with Crippen LogP contribution in [0.15, 0.2) is 36.4 Å². The van der Waals surface area contributed by atoms with E-state index in [2.05, 4.69) is 32.1 Å². The highest BCUT2D eigenvalue weighted by Crippen LogP contribution is 2.50. The molecule has 2 aliphatic rings. The minimum atomic E-state index is -0.503. The zero-order chi connectivity index (χ0) is 11.2. The second-order valence-corrected chi connectivity index (χ2v) is 5.33. The van der Waals surface area contributed by atoms with Gasteiger partial charge < -0.3 is 9.47 Å². The van der Waals surface area contributed by atoms with Crippen molar-refractivity contribution in [3.05, 3.63) is 42.0 Å². The second kappa shape index (κ2) is 3.19. The van der Waals surface area contributed by atoms with Gasteiger partial charge in [-0.2, -0.15) is 0 Å². The molecule has 1 aliphatic heterocycles. The number of hydrogen-bond acceptors (Lipinski definition) is 2. The predicted octanol–water partition coefficient (Wildman–Crippen LogP) is 2.85. The molecule has 1 spiro atoms. The monoisotopic (exact) mass is 216 g/mol. The van der Waals surface area contributed by atoms with Crippen LogP contribution in [0.5, 0.6) is 0 Å². The van der Waals surface area contributed by atoms with E-state index in [4.69, 9.17) is 9.47 Å². The summed E-state index contributed by atoms with van der Waals surface area (Å²) in [6.45, 7) is 5.81. The average Bonchev–Trinajstić information content (AvgIpc) is 3.00.